The molecule has 1 amide bonds. The number of nitro benzene ring substituents is 1. The molecule has 0 aliphatic carbocycles. The summed E-state index contributed by atoms with van der Waals surface area (Å²) in [4.78, 5) is 26.1. The van der Waals surface area contributed by atoms with E-state index in [0.29, 0.717) is 5.02 Å². The summed E-state index contributed by atoms with van der Waals surface area (Å²) >= 11 is 11.5. The van der Waals surface area contributed by atoms with Gasteiger partial charge in [0, 0.05) is 17.8 Å². The molecule has 108 valence electrons. The second-order valence-electron chi connectivity index (χ2n) is 3.96. The molecular formula is C12H8Cl2N4O3. The molecule has 0 aliphatic rings. The van der Waals surface area contributed by atoms with Crippen molar-refractivity contribution in [3.63, 3.8) is 0 Å². The number of nitro groups is 1. The third-order valence-corrected chi connectivity index (χ3v) is 3.07. The number of nitrogen functional groups attached to an aromatic ring is 1. The monoisotopic (exact) mass is 326 g/mol. The van der Waals surface area contributed by atoms with E-state index in [1.807, 2.05) is 0 Å². The van der Waals surface area contributed by atoms with Gasteiger partial charge in [-0.3, -0.25) is 14.9 Å². The van der Waals surface area contributed by atoms with Gasteiger partial charge in [0.25, 0.3) is 11.6 Å². The molecule has 0 atom stereocenters. The van der Waals surface area contributed by atoms with Gasteiger partial charge in [-0.05, 0) is 18.2 Å². The molecule has 0 spiro atoms. The molecule has 21 heavy (non-hydrogen) atoms. The van der Waals surface area contributed by atoms with Crippen LogP contribution in [0.2, 0.25) is 10.0 Å². The van der Waals surface area contributed by atoms with Crippen LogP contribution in [0.1, 0.15) is 10.4 Å². The first-order valence-corrected chi connectivity index (χ1v) is 6.30. The van der Waals surface area contributed by atoms with E-state index in [9.17, 15) is 14.9 Å². The summed E-state index contributed by atoms with van der Waals surface area (Å²) in [6.45, 7) is 0. The number of benzene rings is 1. The van der Waals surface area contributed by atoms with E-state index in [1.165, 1.54) is 18.3 Å². The molecule has 0 bridgehead atoms. The highest BCUT2D eigenvalue weighted by Crippen LogP contribution is 2.31. The number of carbonyl (C=O) groups is 1. The first kappa shape index (κ1) is 15.0. The Kier molecular flexibility index (Phi) is 4.25. The van der Waals surface area contributed by atoms with Crippen molar-refractivity contribution in [2.45, 2.75) is 0 Å². The molecular weight excluding hydrogens is 319 g/mol. The van der Waals surface area contributed by atoms with Crippen LogP contribution < -0.4 is 11.1 Å². The zero-order valence-electron chi connectivity index (χ0n) is 10.3. The molecule has 1 heterocycles. The van der Waals surface area contributed by atoms with Crippen LogP contribution in [0.15, 0.2) is 30.5 Å². The third kappa shape index (κ3) is 3.39. The van der Waals surface area contributed by atoms with Gasteiger partial charge < -0.3 is 11.1 Å². The third-order valence-electron chi connectivity index (χ3n) is 2.54. The number of carbonyl (C=O) groups excluding carboxylic acids is 1. The van der Waals surface area contributed by atoms with Gasteiger partial charge >= 0.3 is 0 Å². The number of amides is 1. The summed E-state index contributed by atoms with van der Waals surface area (Å²) in [5, 5.41) is 13.7. The van der Waals surface area contributed by atoms with Crippen molar-refractivity contribution >= 4 is 46.3 Å². The maximum Gasteiger partial charge on any atom is 0.294 e. The van der Waals surface area contributed by atoms with E-state index < -0.39 is 16.5 Å². The lowest BCUT2D eigenvalue weighted by molar-refractivity contribution is -0.383. The van der Waals surface area contributed by atoms with Crippen LogP contribution >= 0.6 is 23.2 Å². The van der Waals surface area contributed by atoms with Gasteiger partial charge in [-0.1, -0.05) is 23.2 Å². The number of pyridine rings is 1. The van der Waals surface area contributed by atoms with E-state index in [2.05, 4.69) is 10.3 Å². The molecule has 0 saturated carbocycles. The molecule has 2 aromatic rings. The number of nitrogens with zero attached hydrogens (tertiary/aromatic N) is 2. The maximum absolute atomic E-state index is 12.0. The van der Waals surface area contributed by atoms with Crippen molar-refractivity contribution in [1.29, 1.82) is 0 Å². The van der Waals surface area contributed by atoms with Gasteiger partial charge in [0.2, 0.25) is 0 Å². The highest BCUT2D eigenvalue weighted by Gasteiger charge is 2.19. The summed E-state index contributed by atoms with van der Waals surface area (Å²) in [6.07, 6.45) is 1.36. The van der Waals surface area contributed by atoms with Crippen LogP contribution in [-0.4, -0.2) is 15.8 Å². The van der Waals surface area contributed by atoms with Gasteiger partial charge in [-0.2, -0.15) is 0 Å². The second kappa shape index (κ2) is 5.94. The number of hydrogen-bond acceptors (Lipinski definition) is 5. The molecule has 7 nitrogen and oxygen atoms in total. The van der Waals surface area contributed by atoms with Gasteiger partial charge in [0.05, 0.1) is 15.0 Å². The number of aromatic nitrogens is 1. The molecule has 0 unspecified atom stereocenters. The lowest BCUT2D eigenvalue weighted by atomic mass is 10.1. The predicted molar refractivity (Wildman–Crippen MR) is 79.7 cm³/mol. The fraction of sp³-hybridized carbons (Fsp3) is 0. The second-order valence-corrected chi connectivity index (χ2v) is 4.81. The van der Waals surface area contributed by atoms with E-state index >= 15 is 0 Å². The summed E-state index contributed by atoms with van der Waals surface area (Å²) in [5.41, 5.74) is 4.86. The Bertz CT molecular complexity index is 719. The molecule has 1 aromatic heterocycles. The molecule has 0 radical (unpaired) electrons. The Morgan fingerprint density at radius 3 is 2.62 bits per heavy atom. The first-order chi connectivity index (χ1) is 9.88. The fourth-order valence-corrected chi connectivity index (χ4v) is 1.85. The van der Waals surface area contributed by atoms with Crippen molar-refractivity contribution in [3.8, 4) is 0 Å². The minimum Gasteiger partial charge on any atom is -0.392 e. The number of anilines is 2. The van der Waals surface area contributed by atoms with Gasteiger partial charge in [0.15, 0.2) is 0 Å². The zero-order chi connectivity index (χ0) is 15.6. The maximum atomic E-state index is 12.0. The molecule has 3 N–H and O–H groups in total. The average Bonchev–Trinajstić information content (AvgIpc) is 2.43. The lowest BCUT2D eigenvalue weighted by Gasteiger charge is -2.06. The van der Waals surface area contributed by atoms with E-state index in [4.69, 9.17) is 28.9 Å². The Labute approximate surface area is 128 Å². The van der Waals surface area contributed by atoms with Crippen molar-refractivity contribution in [1.82, 2.24) is 4.98 Å². The summed E-state index contributed by atoms with van der Waals surface area (Å²) < 4.78 is 0. The van der Waals surface area contributed by atoms with Crippen molar-refractivity contribution in [2.24, 2.45) is 0 Å². The number of halogens is 2. The SMILES string of the molecule is Nc1c(Cl)cc(C(=O)Nc2ccc(Cl)cn2)cc1[N+](=O)[O-]. The predicted octanol–water partition coefficient (Wildman–Crippen LogP) is 3.13. The van der Waals surface area contributed by atoms with Crippen molar-refractivity contribution < 1.29 is 9.72 Å². The summed E-state index contributed by atoms with van der Waals surface area (Å²) in [7, 11) is 0. The van der Waals surface area contributed by atoms with Crippen molar-refractivity contribution in [3.05, 3.63) is 56.2 Å². The number of nitrogens with two attached hydrogens (primary N) is 1. The first-order valence-electron chi connectivity index (χ1n) is 5.55. The largest absolute Gasteiger partial charge is 0.392 e. The zero-order valence-corrected chi connectivity index (χ0v) is 11.9. The smallest absolute Gasteiger partial charge is 0.294 e. The van der Waals surface area contributed by atoms with E-state index in [-0.39, 0.29) is 22.1 Å². The van der Waals surface area contributed by atoms with Crippen LogP contribution in [-0.2, 0) is 0 Å². The summed E-state index contributed by atoms with van der Waals surface area (Å²) in [5.74, 6) is -0.352. The van der Waals surface area contributed by atoms with Gasteiger partial charge in [0.1, 0.15) is 11.5 Å². The van der Waals surface area contributed by atoms with Crippen molar-refractivity contribution in [2.75, 3.05) is 11.1 Å². The molecule has 9 heteroatoms. The molecule has 1 aromatic carbocycles. The van der Waals surface area contributed by atoms with E-state index in [1.54, 1.807) is 6.07 Å². The topological polar surface area (TPSA) is 111 Å². The normalized spacial score (nSPS) is 10.2. The highest BCUT2D eigenvalue weighted by atomic mass is 35.5. The quantitative estimate of drug-likeness (QED) is 0.511. The van der Waals surface area contributed by atoms with Gasteiger partial charge in [-0.15, -0.1) is 0 Å². The fourth-order valence-electron chi connectivity index (χ4n) is 1.52. The van der Waals surface area contributed by atoms with E-state index in [0.717, 1.165) is 6.07 Å². The molecule has 0 saturated heterocycles. The Morgan fingerprint density at radius 2 is 2.05 bits per heavy atom. The number of hydrogen-bond donors (Lipinski definition) is 2. The van der Waals surface area contributed by atoms with Crippen LogP contribution in [0, 0.1) is 10.1 Å². The number of nitrogens with one attached hydrogen (secondary N) is 1. The van der Waals surface area contributed by atoms with Crippen LogP contribution in [0.4, 0.5) is 17.2 Å². The molecule has 0 fully saturated rings. The van der Waals surface area contributed by atoms with Crippen LogP contribution in [0.25, 0.3) is 0 Å². The average molecular weight is 327 g/mol. The Balaban J connectivity index is 2.31. The summed E-state index contributed by atoms with van der Waals surface area (Å²) in [6, 6.07) is 5.33. The molecule has 0 aliphatic heterocycles. The highest BCUT2D eigenvalue weighted by molar-refractivity contribution is 6.34. The standard InChI is InChI=1S/C12H8Cl2N4O3/c13-7-1-2-10(16-5-7)17-12(19)6-3-8(14)11(15)9(4-6)18(20)21/h1-5H,15H2,(H,16,17,19). The number of rotatable bonds is 3. The molecule has 2 rings (SSSR count). The minimum absolute atomic E-state index is 0.00218. The Morgan fingerprint density at radius 1 is 1.33 bits per heavy atom. The minimum atomic E-state index is -0.710. The lowest BCUT2D eigenvalue weighted by Crippen LogP contribution is -2.13. The van der Waals surface area contributed by atoms with Crippen LogP contribution in [0.5, 0.6) is 0 Å². The van der Waals surface area contributed by atoms with Crippen LogP contribution in [0.3, 0.4) is 0 Å². The van der Waals surface area contributed by atoms with Gasteiger partial charge in [-0.25, -0.2) is 4.98 Å². The Hall–Kier alpha value is -2.38.